The fourth-order valence-electron chi connectivity index (χ4n) is 3.87. The highest BCUT2D eigenvalue weighted by Gasteiger charge is 2.51. The van der Waals surface area contributed by atoms with Crippen molar-refractivity contribution in [3.63, 3.8) is 0 Å². The normalized spacial score (nSPS) is 22.7. The highest BCUT2D eigenvalue weighted by molar-refractivity contribution is 6.62. The van der Waals surface area contributed by atoms with E-state index < -0.39 is 0 Å². The lowest BCUT2D eigenvalue weighted by Gasteiger charge is -2.32. The van der Waals surface area contributed by atoms with Crippen molar-refractivity contribution in [1.29, 1.82) is 0 Å². The van der Waals surface area contributed by atoms with E-state index in [4.69, 9.17) is 9.31 Å². The quantitative estimate of drug-likeness (QED) is 0.832. The van der Waals surface area contributed by atoms with E-state index in [9.17, 15) is 0 Å². The number of aromatic nitrogens is 2. The lowest BCUT2D eigenvalue weighted by Crippen LogP contribution is -2.41. The summed E-state index contributed by atoms with van der Waals surface area (Å²) >= 11 is 0. The van der Waals surface area contributed by atoms with E-state index in [1.165, 1.54) is 32.1 Å². The maximum Gasteiger partial charge on any atom is 0.494 e. The Balaban J connectivity index is 1.49. The molecule has 0 spiro atoms. The van der Waals surface area contributed by atoms with Crippen molar-refractivity contribution >= 4 is 12.6 Å². The van der Waals surface area contributed by atoms with Gasteiger partial charge in [0.15, 0.2) is 0 Å². The molecular weight excluding hydrogens is 323 g/mol. The number of imidazole rings is 1. The van der Waals surface area contributed by atoms with Gasteiger partial charge in [-0.3, -0.25) is 0 Å². The molecule has 0 radical (unpaired) electrons. The number of H-pyrrole nitrogens is 1. The van der Waals surface area contributed by atoms with Crippen LogP contribution in [0.15, 0.2) is 30.5 Å². The summed E-state index contributed by atoms with van der Waals surface area (Å²) in [5.41, 5.74) is 2.67. The third-order valence-electron chi connectivity index (χ3n) is 6.33. The van der Waals surface area contributed by atoms with Gasteiger partial charge in [-0.15, -0.1) is 0 Å². The maximum absolute atomic E-state index is 6.14. The summed E-state index contributed by atoms with van der Waals surface area (Å²) < 4.78 is 12.3. The Morgan fingerprint density at radius 2 is 1.58 bits per heavy atom. The summed E-state index contributed by atoms with van der Waals surface area (Å²) in [6.45, 7) is 8.33. The zero-order valence-electron chi connectivity index (χ0n) is 16.3. The van der Waals surface area contributed by atoms with Crippen molar-refractivity contribution < 1.29 is 9.31 Å². The van der Waals surface area contributed by atoms with Crippen molar-refractivity contribution in [3.05, 3.63) is 36.3 Å². The van der Waals surface area contributed by atoms with Gasteiger partial charge in [0, 0.05) is 5.92 Å². The maximum atomic E-state index is 6.14. The predicted octanol–water partition coefficient (Wildman–Crippen LogP) is 4.42. The molecule has 4 rings (SSSR count). The first-order valence-corrected chi connectivity index (χ1v) is 9.87. The van der Waals surface area contributed by atoms with Crippen molar-refractivity contribution in [1.82, 2.24) is 9.97 Å². The van der Waals surface area contributed by atoms with E-state index in [-0.39, 0.29) is 18.3 Å². The number of benzene rings is 1. The standard InChI is InChI=1S/C21H29BN2O2/c1-20(2)21(3,4)26-22(25-20)17-12-10-15(11-13-17)18-14-23-19(24-18)16-8-6-5-7-9-16/h10-14,16H,5-9H2,1-4H3,(H,23,24). The van der Waals surface area contributed by atoms with Gasteiger partial charge in [0.2, 0.25) is 0 Å². The summed E-state index contributed by atoms with van der Waals surface area (Å²) in [5, 5.41) is 0. The van der Waals surface area contributed by atoms with E-state index >= 15 is 0 Å². The second-order valence-electron chi connectivity index (χ2n) is 8.73. The zero-order valence-corrected chi connectivity index (χ0v) is 16.3. The summed E-state index contributed by atoms with van der Waals surface area (Å²) in [5.74, 6) is 1.75. The highest BCUT2D eigenvalue weighted by atomic mass is 16.7. The van der Waals surface area contributed by atoms with Crippen LogP contribution in [0, 0.1) is 0 Å². The van der Waals surface area contributed by atoms with Gasteiger partial charge < -0.3 is 14.3 Å². The van der Waals surface area contributed by atoms with Crippen LogP contribution in [0.3, 0.4) is 0 Å². The number of nitrogens with one attached hydrogen (secondary N) is 1. The molecule has 0 atom stereocenters. The fraction of sp³-hybridized carbons (Fsp3) is 0.571. The second kappa shape index (κ2) is 6.54. The molecule has 2 fully saturated rings. The lowest BCUT2D eigenvalue weighted by atomic mass is 9.79. The van der Waals surface area contributed by atoms with Crippen molar-refractivity contribution in [2.24, 2.45) is 0 Å². The molecule has 2 aliphatic rings. The molecular formula is C21H29BN2O2. The Hall–Kier alpha value is -1.59. The SMILES string of the molecule is CC1(C)OB(c2ccc(-c3cnc(C4CCCCC4)[nH]3)cc2)OC1(C)C. The average molecular weight is 352 g/mol. The topological polar surface area (TPSA) is 47.1 Å². The Labute approximate surface area is 156 Å². The predicted molar refractivity (Wildman–Crippen MR) is 106 cm³/mol. The average Bonchev–Trinajstić information content (AvgIpc) is 3.19. The van der Waals surface area contributed by atoms with E-state index in [1.807, 2.05) is 6.20 Å². The molecule has 4 nitrogen and oxygen atoms in total. The molecule has 2 aromatic rings. The Bertz CT molecular complexity index is 745. The molecule has 1 aromatic heterocycles. The zero-order chi connectivity index (χ0) is 18.4. The molecule has 26 heavy (non-hydrogen) atoms. The molecule has 1 aliphatic carbocycles. The largest absolute Gasteiger partial charge is 0.494 e. The Morgan fingerprint density at radius 1 is 0.962 bits per heavy atom. The molecule has 138 valence electrons. The smallest absolute Gasteiger partial charge is 0.399 e. The highest BCUT2D eigenvalue weighted by Crippen LogP contribution is 2.36. The molecule has 0 unspecified atom stereocenters. The lowest BCUT2D eigenvalue weighted by molar-refractivity contribution is 0.00578. The van der Waals surface area contributed by atoms with Gasteiger partial charge in [-0.2, -0.15) is 0 Å². The summed E-state index contributed by atoms with van der Waals surface area (Å²) in [6, 6.07) is 8.44. The van der Waals surface area contributed by atoms with Gasteiger partial charge in [-0.05, 0) is 51.6 Å². The van der Waals surface area contributed by atoms with Gasteiger partial charge in [-0.25, -0.2) is 4.98 Å². The number of aromatic amines is 1. The monoisotopic (exact) mass is 352 g/mol. The van der Waals surface area contributed by atoms with Crippen LogP contribution in [0.25, 0.3) is 11.3 Å². The summed E-state index contributed by atoms with van der Waals surface area (Å²) in [4.78, 5) is 8.19. The first-order valence-electron chi connectivity index (χ1n) is 9.87. The van der Waals surface area contributed by atoms with E-state index in [2.05, 4.69) is 61.9 Å². The number of hydrogen-bond donors (Lipinski definition) is 1. The van der Waals surface area contributed by atoms with Crippen LogP contribution >= 0.6 is 0 Å². The minimum Gasteiger partial charge on any atom is -0.399 e. The molecule has 0 amide bonds. The summed E-state index contributed by atoms with van der Waals surface area (Å²) in [6.07, 6.45) is 8.49. The van der Waals surface area contributed by atoms with Crippen LogP contribution < -0.4 is 5.46 Å². The minimum atomic E-state index is -0.311. The van der Waals surface area contributed by atoms with Crippen LogP contribution in [-0.2, 0) is 9.31 Å². The molecule has 1 aromatic carbocycles. The molecule has 2 heterocycles. The third-order valence-corrected chi connectivity index (χ3v) is 6.33. The fourth-order valence-corrected chi connectivity index (χ4v) is 3.87. The van der Waals surface area contributed by atoms with Crippen molar-refractivity contribution in [2.45, 2.75) is 76.9 Å². The number of rotatable bonds is 3. The van der Waals surface area contributed by atoms with Gasteiger partial charge in [0.25, 0.3) is 0 Å². The van der Waals surface area contributed by atoms with Crippen molar-refractivity contribution in [2.75, 3.05) is 0 Å². The van der Waals surface area contributed by atoms with Crippen LogP contribution in [0.1, 0.15) is 71.5 Å². The first kappa shape index (κ1) is 17.8. The van der Waals surface area contributed by atoms with E-state index in [0.717, 1.165) is 22.5 Å². The minimum absolute atomic E-state index is 0.311. The second-order valence-corrected chi connectivity index (χ2v) is 8.73. The van der Waals surface area contributed by atoms with Crippen LogP contribution in [-0.4, -0.2) is 28.3 Å². The number of nitrogens with zero attached hydrogens (tertiary/aromatic N) is 1. The molecule has 0 bridgehead atoms. The van der Waals surface area contributed by atoms with Gasteiger partial charge >= 0.3 is 7.12 Å². The molecule has 5 heteroatoms. The van der Waals surface area contributed by atoms with Gasteiger partial charge in [-0.1, -0.05) is 43.5 Å². The van der Waals surface area contributed by atoms with Crippen LogP contribution in [0.4, 0.5) is 0 Å². The van der Waals surface area contributed by atoms with Gasteiger partial charge in [0.1, 0.15) is 5.82 Å². The van der Waals surface area contributed by atoms with E-state index in [0.29, 0.717) is 5.92 Å². The summed E-state index contributed by atoms with van der Waals surface area (Å²) in [7, 11) is -0.311. The Morgan fingerprint density at radius 3 is 2.19 bits per heavy atom. The molecule has 1 saturated carbocycles. The molecule has 1 saturated heterocycles. The van der Waals surface area contributed by atoms with Crippen LogP contribution in [0.2, 0.25) is 0 Å². The third kappa shape index (κ3) is 3.23. The molecule has 1 aliphatic heterocycles. The Kier molecular flexibility index (Phi) is 4.48. The van der Waals surface area contributed by atoms with Crippen LogP contribution in [0.5, 0.6) is 0 Å². The van der Waals surface area contributed by atoms with Crippen molar-refractivity contribution in [3.8, 4) is 11.3 Å². The first-order chi connectivity index (χ1) is 12.4. The molecule has 1 N–H and O–H groups in total. The van der Waals surface area contributed by atoms with E-state index in [1.54, 1.807) is 0 Å². The number of hydrogen-bond acceptors (Lipinski definition) is 3. The van der Waals surface area contributed by atoms with Gasteiger partial charge in [0.05, 0.1) is 23.1 Å².